The highest BCUT2D eigenvalue weighted by molar-refractivity contribution is 5.97. The van der Waals surface area contributed by atoms with Crippen molar-refractivity contribution in [3.05, 3.63) is 46.2 Å². The highest BCUT2D eigenvalue weighted by Crippen LogP contribution is 2.12. The Morgan fingerprint density at radius 1 is 1.35 bits per heavy atom. The highest BCUT2D eigenvalue weighted by Gasteiger charge is 2.19. The number of benzene rings is 1. The standard InChI is InChI=1S/C15H18N2O3/c1-15(2,9-18)8-17-14(20)11-7-16-12-6-4-3-5-10(12)13(11)19/h3-7,18H,8-9H2,1-2H3,(H,16,19)(H,17,20). The van der Waals surface area contributed by atoms with Crippen molar-refractivity contribution >= 4 is 16.8 Å². The van der Waals surface area contributed by atoms with Crippen LogP contribution in [0.1, 0.15) is 24.2 Å². The Kier molecular flexibility index (Phi) is 3.90. The smallest absolute Gasteiger partial charge is 0.256 e. The number of hydrogen-bond acceptors (Lipinski definition) is 3. The summed E-state index contributed by atoms with van der Waals surface area (Å²) in [6, 6.07) is 7.05. The zero-order chi connectivity index (χ0) is 14.8. The third-order valence-electron chi connectivity index (χ3n) is 3.19. The summed E-state index contributed by atoms with van der Waals surface area (Å²) in [6.45, 7) is 3.92. The largest absolute Gasteiger partial charge is 0.396 e. The zero-order valence-electron chi connectivity index (χ0n) is 11.6. The molecule has 1 heterocycles. The summed E-state index contributed by atoms with van der Waals surface area (Å²) in [7, 11) is 0. The van der Waals surface area contributed by atoms with Gasteiger partial charge < -0.3 is 15.4 Å². The van der Waals surface area contributed by atoms with E-state index in [4.69, 9.17) is 5.11 Å². The first-order valence-electron chi connectivity index (χ1n) is 6.44. The summed E-state index contributed by atoms with van der Waals surface area (Å²) in [5.41, 5.74) is 0.0695. The maximum absolute atomic E-state index is 12.2. The first-order valence-corrected chi connectivity index (χ1v) is 6.44. The van der Waals surface area contributed by atoms with Gasteiger partial charge in [0.15, 0.2) is 0 Å². The van der Waals surface area contributed by atoms with Gasteiger partial charge in [0.2, 0.25) is 5.43 Å². The fourth-order valence-electron chi connectivity index (χ4n) is 1.81. The minimum Gasteiger partial charge on any atom is -0.396 e. The van der Waals surface area contributed by atoms with Gasteiger partial charge in [0.25, 0.3) is 5.91 Å². The molecule has 2 aromatic rings. The van der Waals surface area contributed by atoms with Gasteiger partial charge in [-0.05, 0) is 12.1 Å². The number of pyridine rings is 1. The molecule has 0 saturated heterocycles. The van der Waals surface area contributed by atoms with Gasteiger partial charge >= 0.3 is 0 Å². The van der Waals surface area contributed by atoms with E-state index in [2.05, 4.69) is 10.3 Å². The molecule has 1 aromatic carbocycles. The summed E-state index contributed by atoms with van der Waals surface area (Å²) < 4.78 is 0. The van der Waals surface area contributed by atoms with Gasteiger partial charge in [-0.2, -0.15) is 0 Å². The molecular weight excluding hydrogens is 256 g/mol. The molecule has 20 heavy (non-hydrogen) atoms. The molecule has 106 valence electrons. The molecule has 0 spiro atoms. The molecular formula is C15H18N2O3. The van der Waals surface area contributed by atoms with Gasteiger partial charge in [-0.15, -0.1) is 0 Å². The number of para-hydroxylation sites is 1. The third-order valence-corrected chi connectivity index (χ3v) is 3.19. The second-order valence-corrected chi connectivity index (χ2v) is 5.58. The molecule has 0 radical (unpaired) electrons. The van der Waals surface area contributed by atoms with E-state index >= 15 is 0 Å². The van der Waals surface area contributed by atoms with Crippen LogP contribution in [0.2, 0.25) is 0 Å². The lowest BCUT2D eigenvalue weighted by atomic mass is 9.95. The van der Waals surface area contributed by atoms with Crippen molar-refractivity contribution in [1.82, 2.24) is 10.3 Å². The number of carbonyl (C=O) groups excluding carboxylic acids is 1. The number of aromatic nitrogens is 1. The molecule has 5 nitrogen and oxygen atoms in total. The molecule has 2 rings (SSSR count). The lowest BCUT2D eigenvalue weighted by Gasteiger charge is -2.21. The van der Waals surface area contributed by atoms with E-state index in [0.29, 0.717) is 17.4 Å². The lowest BCUT2D eigenvalue weighted by Crippen LogP contribution is -2.37. The van der Waals surface area contributed by atoms with E-state index in [1.807, 2.05) is 19.9 Å². The summed E-state index contributed by atoms with van der Waals surface area (Å²) >= 11 is 0. The van der Waals surface area contributed by atoms with Crippen LogP contribution in [0.5, 0.6) is 0 Å². The highest BCUT2D eigenvalue weighted by atomic mass is 16.3. The molecule has 1 aromatic heterocycles. The average molecular weight is 274 g/mol. The van der Waals surface area contributed by atoms with Crippen molar-refractivity contribution in [2.24, 2.45) is 5.41 Å². The predicted molar refractivity (Wildman–Crippen MR) is 77.8 cm³/mol. The van der Waals surface area contributed by atoms with E-state index in [1.54, 1.807) is 18.2 Å². The first-order chi connectivity index (χ1) is 9.44. The fourth-order valence-corrected chi connectivity index (χ4v) is 1.81. The van der Waals surface area contributed by atoms with E-state index in [0.717, 1.165) is 0 Å². The van der Waals surface area contributed by atoms with E-state index in [9.17, 15) is 9.59 Å². The number of H-pyrrole nitrogens is 1. The number of hydrogen-bond donors (Lipinski definition) is 3. The molecule has 1 amide bonds. The summed E-state index contributed by atoms with van der Waals surface area (Å²) in [5, 5.41) is 12.3. The Morgan fingerprint density at radius 3 is 2.75 bits per heavy atom. The van der Waals surface area contributed by atoms with Crippen LogP contribution in [0.3, 0.4) is 0 Å². The van der Waals surface area contributed by atoms with Gasteiger partial charge in [-0.1, -0.05) is 26.0 Å². The topological polar surface area (TPSA) is 82.2 Å². The Bertz CT molecular complexity index is 689. The number of carbonyl (C=O) groups is 1. The summed E-state index contributed by atoms with van der Waals surface area (Å²) in [5.74, 6) is -0.432. The van der Waals surface area contributed by atoms with Crippen molar-refractivity contribution in [2.45, 2.75) is 13.8 Å². The summed E-state index contributed by atoms with van der Waals surface area (Å²) in [6.07, 6.45) is 1.42. The van der Waals surface area contributed by atoms with Gasteiger partial charge in [-0.25, -0.2) is 0 Å². The SMILES string of the molecule is CC(C)(CO)CNC(=O)c1c[nH]c2ccccc2c1=O. The lowest BCUT2D eigenvalue weighted by molar-refractivity contribution is 0.0910. The molecule has 0 fully saturated rings. The quantitative estimate of drug-likeness (QED) is 0.785. The number of amides is 1. The number of aliphatic hydroxyl groups is 1. The van der Waals surface area contributed by atoms with Crippen LogP contribution in [0.15, 0.2) is 35.3 Å². The van der Waals surface area contributed by atoms with E-state index < -0.39 is 11.3 Å². The Hall–Kier alpha value is -2.14. The molecule has 0 unspecified atom stereocenters. The van der Waals surface area contributed by atoms with Crippen molar-refractivity contribution in [1.29, 1.82) is 0 Å². The fraction of sp³-hybridized carbons (Fsp3) is 0.333. The Labute approximate surface area is 116 Å². The molecule has 0 aliphatic heterocycles. The molecule has 0 bridgehead atoms. The van der Waals surface area contributed by atoms with E-state index in [-0.39, 0.29) is 17.6 Å². The van der Waals surface area contributed by atoms with Crippen molar-refractivity contribution in [2.75, 3.05) is 13.2 Å². The third kappa shape index (κ3) is 2.88. The van der Waals surface area contributed by atoms with Gasteiger partial charge in [-0.3, -0.25) is 9.59 Å². The Balaban J connectivity index is 2.27. The molecule has 0 aliphatic rings. The van der Waals surface area contributed by atoms with Crippen LogP contribution in [0.4, 0.5) is 0 Å². The Morgan fingerprint density at radius 2 is 2.05 bits per heavy atom. The molecule has 5 heteroatoms. The number of aromatic amines is 1. The minimum absolute atomic E-state index is 0.0403. The number of rotatable bonds is 4. The van der Waals surface area contributed by atoms with Crippen LogP contribution >= 0.6 is 0 Å². The zero-order valence-corrected chi connectivity index (χ0v) is 11.6. The molecule has 3 N–H and O–H groups in total. The maximum Gasteiger partial charge on any atom is 0.256 e. The maximum atomic E-state index is 12.2. The van der Waals surface area contributed by atoms with E-state index in [1.165, 1.54) is 6.20 Å². The first kappa shape index (κ1) is 14.3. The average Bonchev–Trinajstić information content (AvgIpc) is 2.45. The summed E-state index contributed by atoms with van der Waals surface area (Å²) in [4.78, 5) is 27.2. The van der Waals surface area contributed by atoms with Gasteiger partial charge in [0.05, 0.1) is 0 Å². The number of nitrogens with one attached hydrogen (secondary N) is 2. The monoisotopic (exact) mass is 274 g/mol. The second kappa shape index (κ2) is 5.46. The van der Waals surface area contributed by atoms with Crippen molar-refractivity contribution in [3.63, 3.8) is 0 Å². The minimum atomic E-state index is -0.432. The van der Waals surface area contributed by atoms with Gasteiger partial charge in [0, 0.05) is 35.7 Å². The normalized spacial score (nSPS) is 11.6. The second-order valence-electron chi connectivity index (χ2n) is 5.58. The van der Waals surface area contributed by atoms with Crippen molar-refractivity contribution < 1.29 is 9.90 Å². The van der Waals surface area contributed by atoms with Crippen LogP contribution in [-0.4, -0.2) is 29.1 Å². The van der Waals surface area contributed by atoms with Crippen LogP contribution < -0.4 is 10.7 Å². The van der Waals surface area contributed by atoms with Crippen LogP contribution in [0.25, 0.3) is 10.9 Å². The molecule has 0 atom stereocenters. The van der Waals surface area contributed by atoms with Crippen LogP contribution in [-0.2, 0) is 0 Å². The molecule has 0 saturated carbocycles. The number of aliphatic hydroxyl groups excluding tert-OH is 1. The predicted octanol–water partition coefficient (Wildman–Crippen LogP) is 1.28. The van der Waals surface area contributed by atoms with Gasteiger partial charge in [0.1, 0.15) is 5.56 Å². The van der Waals surface area contributed by atoms with Crippen LogP contribution in [0, 0.1) is 5.41 Å². The van der Waals surface area contributed by atoms with Crippen molar-refractivity contribution in [3.8, 4) is 0 Å². The number of fused-ring (bicyclic) bond motifs is 1. The molecule has 0 aliphatic carbocycles.